The van der Waals surface area contributed by atoms with Crippen LogP contribution in [0.4, 0.5) is 0 Å². The van der Waals surface area contributed by atoms with E-state index in [1.165, 1.54) is 14.2 Å². The zero-order valence-electron chi connectivity index (χ0n) is 29.8. The first kappa shape index (κ1) is 37.6. The first-order valence-corrected chi connectivity index (χ1v) is 16.4. The first-order chi connectivity index (χ1) is 22.8. The minimum atomic E-state index is -0.591. The summed E-state index contributed by atoms with van der Waals surface area (Å²) in [5, 5.41) is 0. The Morgan fingerprint density at radius 3 is 2.18 bits per heavy atom. The van der Waals surface area contributed by atoms with Gasteiger partial charge in [-0.25, -0.2) is 9.97 Å². The fraction of sp³-hybridized carbons (Fsp3) is 0.447. The first-order valence-electron chi connectivity index (χ1n) is 16.4. The van der Waals surface area contributed by atoms with Crippen LogP contribution in [0.1, 0.15) is 111 Å². The van der Waals surface area contributed by atoms with Gasteiger partial charge in [0.15, 0.2) is 0 Å². The molecule has 0 saturated heterocycles. The summed E-state index contributed by atoms with van der Waals surface area (Å²) in [6, 6.07) is 7.97. The minimum Gasteiger partial charge on any atom is -0.664 e. The molecule has 0 fully saturated rings. The van der Waals surface area contributed by atoms with E-state index in [4.69, 9.17) is 29.4 Å². The Labute approximate surface area is 299 Å². The fourth-order valence-electron chi connectivity index (χ4n) is 6.90. The molecule has 0 N–H and O–H groups in total. The van der Waals surface area contributed by atoms with Crippen molar-refractivity contribution in [2.75, 3.05) is 28.3 Å². The summed E-state index contributed by atoms with van der Waals surface area (Å²) < 4.78 is 9.91. The van der Waals surface area contributed by atoms with Crippen LogP contribution in [0.3, 0.4) is 0 Å². The van der Waals surface area contributed by atoms with Gasteiger partial charge in [0.2, 0.25) is 5.91 Å². The topological polar surface area (TPSA) is 127 Å². The summed E-state index contributed by atoms with van der Waals surface area (Å²) in [4.78, 5) is 59.7. The van der Waals surface area contributed by atoms with E-state index in [0.717, 1.165) is 68.3 Å². The zero-order valence-corrected chi connectivity index (χ0v) is 30.7. The van der Waals surface area contributed by atoms with Gasteiger partial charge >= 0.3 is 29.0 Å². The minimum absolute atomic E-state index is 0. The quantitative estimate of drug-likeness (QED) is 0.224. The van der Waals surface area contributed by atoms with Crippen LogP contribution >= 0.6 is 0 Å². The maximum atomic E-state index is 13.3. The van der Waals surface area contributed by atoms with Crippen LogP contribution in [0.15, 0.2) is 24.3 Å². The molecule has 263 valence electrons. The molecule has 0 unspecified atom stereocenters. The number of methoxy groups -OCH3 is 2. The number of hydrogen-bond donors (Lipinski definition) is 0. The molecule has 0 saturated carbocycles. The van der Waals surface area contributed by atoms with E-state index in [1.807, 2.05) is 45.0 Å². The van der Waals surface area contributed by atoms with Gasteiger partial charge in [-0.3, -0.25) is 14.4 Å². The molecule has 2 aromatic heterocycles. The summed E-state index contributed by atoms with van der Waals surface area (Å²) in [6.45, 7) is 10.3. The molecule has 0 aliphatic carbocycles. The van der Waals surface area contributed by atoms with Gasteiger partial charge < -0.3 is 24.3 Å². The Hall–Kier alpha value is -4.21. The number of aryl methyl sites for hydroxylation is 2. The van der Waals surface area contributed by atoms with E-state index in [1.54, 1.807) is 19.0 Å². The Morgan fingerprint density at radius 2 is 1.55 bits per heavy atom. The van der Waals surface area contributed by atoms with Crippen LogP contribution in [0.25, 0.3) is 33.8 Å². The van der Waals surface area contributed by atoms with Crippen LogP contribution in [0.5, 0.6) is 0 Å². The van der Waals surface area contributed by atoms with Crippen molar-refractivity contribution >= 4 is 51.7 Å². The van der Waals surface area contributed by atoms with Gasteiger partial charge in [0, 0.05) is 33.4 Å². The molecule has 11 heteroatoms. The van der Waals surface area contributed by atoms with Crippen molar-refractivity contribution < 1.29 is 40.9 Å². The van der Waals surface area contributed by atoms with Crippen molar-refractivity contribution in [3.8, 4) is 0 Å². The molecule has 5 heterocycles. The van der Waals surface area contributed by atoms with Crippen LogP contribution in [-0.2, 0) is 52.8 Å². The third-order valence-corrected chi connectivity index (χ3v) is 9.91. The van der Waals surface area contributed by atoms with Crippen molar-refractivity contribution in [1.29, 1.82) is 0 Å². The van der Waals surface area contributed by atoms with E-state index in [0.29, 0.717) is 24.1 Å². The SMILES string of the molecule is CC[C@@H]1c2cc3nc(cc4[n-]c(cc5nc(cc([n-]2)[C@]1(C)CC(=O)N(C)C)C(C)=C5CCC(=O)OC)c(CCC(=O)OC)c4C)C=C3C.[Cu+2]. The second-order valence-electron chi connectivity index (χ2n) is 13.2. The number of esters is 2. The molecule has 5 rings (SSSR count). The standard InChI is InChI=1S/C38H45N5O5.Cu/c1-10-27-33-17-28-21(2)15-24(39-28)16-29-22(3)25(11-13-36(45)47-8)31(40-29)18-32-26(12-14-37(46)48-9)23(4)30(41-32)19-34(42-33)38(27,5)20-35(44)43(6)7;/h15-19,27H,10-14,20H2,1-9H3;/q-2;+2/t27-,38-;/m1./s1. The van der Waals surface area contributed by atoms with Gasteiger partial charge in [0.05, 0.1) is 37.0 Å². The molecule has 2 atom stereocenters. The molecular weight excluding hydrogens is 670 g/mol. The number of hydrogen-bond acceptors (Lipinski definition) is 7. The number of rotatable bonds is 9. The molecule has 10 nitrogen and oxygen atoms in total. The number of ether oxygens (including phenoxy) is 2. The average Bonchev–Trinajstić information content (AvgIpc) is 3.71. The maximum Gasteiger partial charge on any atom is 2.00 e. The van der Waals surface area contributed by atoms with Crippen LogP contribution < -0.4 is 9.97 Å². The predicted molar refractivity (Wildman–Crippen MR) is 186 cm³/mol. The summed E-state index contributed by atoms with van der Waals surface area (Å²) in [5.74, 6) is -0.608. The molecule has 1 radical (unpaired) electrons. The third-order valence-electron chi connectivity index (χ3n) is 9.91. The number of nitrogens with zero attached hydrogens (tertiary/aromatic N) is 5. The van der Waals surface area contributed by atoms with Gasteiger partial charge in [-0.15, -0.1) is 11.0 Å². The Balaban J connectivity index is 0.00000541. The molecule has 1 amide bonds. The predicted octanol–water partition coefficient (Wildman–Crippen LogP) is 6.08. The Bertz CT molecular complexity index is 1920. The van der Waals surface area contributed by atoms with Crippen molar-refractivity contribution in [1.82, 2.24) is 24.8 Å². The molecule has 0 spiro atoms. The second-order valence-corrected chi connectivity index (χ2v) is 13.2. The summed E-state index contributed by atoms with van der Waals surface area (Å²) in [6.07, 6.45) is 4.37. The van der Waals surface area contributed by atoms with E-state index in [2.05, 4.69) is 19.9 Å². The number of aromatic nitrogens is 4. The largest absolute Gasteiger partial charge is 2.00 e. The monoisotopic (exact) mass is 714 g/mol. The smallest absolute Gasteiger partial charge is 0.664 e. The molecule has 3 aliphatic rings. The molecule has 2 aromatic rings. The van der Waals surface area contributed by atoms with Crippen LogP contribution in [0, 0.1) is 6.92 Å². The zero-order chi connectivity index (χ0) is 34.9. The van der Waals surface area contributed by atoms with E-state index < -0.39 is 5.41 Å². The van der Waals surface area contributed by atoms with Gasteiger partial charge in [0.1, 0.15) is 0 Å². The summed E-state index contributed by atoms with van der Waals surface area (Å²) in [5.41, 5.74) is 10.3. The number of fused-ring (bicyclic) bond motifs is 8. The molecule has 3 aliphatic heterocycles. The van der Waals surface area contributed by atoms with Crippen LogP contribution in [-0.4, -0.2) is 61.0 Å². The average molecular weight is 715 g/mol. The number of carbonyl (C=O) groups excluding carboxylic acids is 3. The number of carbonyl (C=O) groups is 3. The normalized spacial score (nSPS) is 17.6. The molecule has 0 aromatic carbocycles. The molecular formula is C38H45CuN5O5. The third kappa shape index (κ3) is 7.53. The number of allylic oxidation sites excluding steroid dienone is 3. The van der Waals surface area contributed by atoms with Crippen LogP contribution in [0.2, 0.25) is 0 Å². The van der Waals surface area contributed by atoms with Crippen molar-refractivity contribution in [3.63, 3.8) is 0 Å². The summed E-state index contributed by atoms with van der Waals surface area (Å²) >= 11 is 0. The van der Waals surface area contributed by atoms with Gasteiger partial charge in [0.25, 0.3) is 0 Å². The van der Waals surface area contributed by atoms with Gasteiger partial charge in [-0.2, -0.15) is 11.4 Å². The van der Waals surface area contributed by atoms with Crippen molar-refractivity contribution in [3.05, 3.63) is 69.6 Å². The molecule has 8 bridgehead atoms. The molecule has 49 heavy (non-hydrogen) atoms. The van der Waals surface area contributed by atoms with Gasteiger partial charge in [-0.05, 0) is 67.7 Å². The second kappa shape index (κ2) is 15.1. The van der Waals surface area contributed by atoms with Crippen molar-refractivity contribution in [2.45, 2.75) is 84.5 Å². The fourth-order valence-corrected chi connectivity index (χ4v) is 6.90. The van der Waals surface area contributed by atoms with E-state index in [9.17, 15) is 14.4 Å². The van der Waals surface area contributed by atoms with E-state index >= 15 is 0 Å². The van der Waals surface area contributed by atoms with E-state index in [-0.39, 0.29) is 60.1 Å². The number of amides is 1. The Kier molecular flexibility index (Phi) is 11.6. The maximum absolute atomic E-state index is 13.3. The Morgan fingerprint density at radius 1 is 0.878 bits per heavy atom. The summed E-state index contributed by atoms with van der Waals surface area (Å²) in [7, 11) is 6.32. The van der Waals surface area contributed by atoms with Crippen molar-refractivity contribution in [2.24, 2.45) is 0 Å². The van der Waals surface area contributed by atoms with Gasteiger partial charge in [-0.1, -0.05) is 55.7 Å².